The summed E-state index contributed by atoms with van der Waals surface area (Å²) in [6.45, 7) is 7.01. The zero-order valence-corrected chi connectivity index (χ0v) is 33.4. The van der Waals surface area contributed by atoms with E-state index in [1.54, 1.807) is 97.5 Å². The van der Waals surface area contributed by atoms with E-state index in [2.05, 4.69) is 29.9 Å². The molecule has 0 amide bonds. The normalized spacial score (nSPS) is 12.4. The third-order valence-corrected chi connectivity index (χ3v) is 11.0. The second-order valence-corrected chi connectivity index (χ2v) is 15.1. The van der Waals surface area contributed by atoms with Gasteiger partial charge in [-0.3, -0.25) is 0 Å². The standard InChI is InChI=1S/C48H32F6N8/c1-25-55-26(2)58-45(57-25)30-16-18-40-36(21-30)34-12-5-7-14-38(34)61(40)42-23-32(29-10-9-11-33(20-29)47(49,50)51)24-43(44(42)48(52,53)54)62-39-15-8-6-13-35(39)37-22-31(17-19-41(37)62)46-59-27(3)56-28(4)60-46/h5-24H,1-4H3. The fraction of sp³-hybridized carbons (Fsp3) is 0.125. The molecule has 306 valence electrons. The Bertz CT molecular complexity index is 3220. The molecule has 0 aliphatic rings. The van der Waals surface area contributed by atoms with Gasteiger partial charge in [-0.05, 0) is 112 Å². The van der Waals surface area contributed by atoms with Crippen molar-refractivity contribution in [3.8, 4) is 45.3 Å². The predicted molar refractivity (Wildman–Crippen MR) is 227 cm³/mol. The Morgan fingerprint density at radius 1 is 0.371 bits per heavy atom. The molecule has 0 radical (unpaired) electrons. The molecule has 0 N–H and O–H groups in total. The number of fused-ring (bicyclic) bond motifs is 6. The zero-order chi connectivity index (χ0) is 43.2. The van der Waals surface area contributed by atoms with E-state index in [9.17, 15) is 13.2 Å². The van der Waals surface area contributed by atoms with Crippen LogP contribution in [0.3, 0.4) is 0 Å². The number of rotatable bonds is 5. The SMILES string of the molecule is Cc1nc(C)nc(-c2ccc3c(c2)c2ccccc2n3-c2cc(-c3cccc(C(F)(F)F)c3)cc(-n3c4ccccc4c4cc(-c5nc(C)nc(C)n5)ccc43)c2C(F)(F)F)n1. The van der Waals surface area contributed by atoms with Crippen LogP contribution < -0.4 is 0 Å². The van der Waals surface area contributed by atoms with Crippen LogP contribution in [0.15, 0.2) is 121 Å². The average Bonchev–Trinajstić information content (AvgIpc) is 3.74. The van der Waals surface area contributed by atoms with E-state index in [1.165, 1.54) is 24.3 Å². The Morgan fingerprint density at radius 3 is 1.24 bits per heavy atom. The van der Waals surface area contributed by atoms with E-state index < -0.39 is 23.5 Å². The number of alkyl halides is 6. The second kappa shape index (κ2) is 14.0. The van der Waals surface area contributed by atoms with E-state index in [0.29, 0.717) is 89.7 Å². The third-order valence-electron chi connectivity index (χ3n) is 11.0. The summed E-state index contributed by atoms with van der Waals surface area (Å²) in [5, 5.41) is 2.56. The molecule has 4 aromatic heterocycles. The van der Waals surface area contributed by atoms with Gasteiger partial charge in [-0.2, -0.15) is 26.3 Å². The minimum absolute atomic E-state index is 0.0864. The lowest BCUT2D eigenvalue weighted by Gasteiger charge is -2.23. The molecule has 10 aromatic rings. The average molecular weight is 835 g/mol. The number of halogens is 6. The van der Waals surface area contributed by atoms with E-state index in [4.69, 9.17) is 0 Å². The van der Waals surface area contributed by atoms with Crippen molar-refractivity contribution in [2.24, 2.45) is 0 Å². The maximum Gasteiger partial charge on any atom is 0.420 e. The Labute approximate surface area is 349 Å². The van der Waals surface area contributed by atoms with Crippen molar-refractivity contribution in [1.82, 2.24) is 39.0 Å². The first-order chi connectivity index (χ1) is 29.6. The summed E-state index contributed by atoms with van der Waals surface area (Å²) in [7, 11) is 0. The minimum Gasteiger partial charge on any atom is -0.309 e. The van der Waals surface area contributed by atoms with E-state index in [-0.39, 0.29) is 22.5 Å². The Kier molecular flexibility index (Phi) is 8.77. The van der Waals surface area contributed by atoms with Gasteiger partial charge in [0.1, 0.15) is 28.9 Å². The highest BCUT2D eigenvalue weighted by molar-refractivity contribution is 6.12. The van der Waals surface area contributed by atoms with E-state index in [1.807, 2.05) is 24.3 Å². The van der Waals surface area contributed by atoms with Crippen LogP contribution in [-0.4, -0.2) is 39.0 Å². The van der Waals surface area contributed by atoms with Gasteiger partial charge in [0.05, 0.1) is 39.0 Å². The number of hydrogen-bond acceptors (Lipinski definition) is 6. The lowest BCUT2D eigenvalue weighted by molar-refractivity contribution is -0.138. The van der Waals surface area contributed by atoms with Crippen LogP contribution in [0.2, 0.25) is 0 Å². The molecule has 0 aliphatic heterocycles. The largest absolute Gasteiger partial charge is 0.420 e. The van der Waals surface area contributed by atoms with Crippen molar-refractivity contribution in [1.29, 1.82) is 0 Å². The monoisotopic (exact) mass is 834 g/mol. The van der Waals surface area contributed by atoms with Gasteiger partial charge in [0.25, 0.3) is 0 Å². The first-order valence-electron chi connectivity index (χ1n) is 19.5. The summed E-state index contributed by atoms with van der Waals surface area (Å²) >= 11 is 0. The summed E-state index contributed by atoms with van der Waals surface area (Å²) in [5.41, 5.74) is 0.818. The van der Waals surface area contributed by atoms with Crippen LogP contribution in [0, 0.1) is 27.7 Å². The molecule has 0 saturated heterocycles. The van der Waals surface area contributed by atoms with Crippen LogP contribution in [-0.2, 0) is 12.4 Å². The highest BCUT2D eigenvalue weighted by Gasteiger charge is 2.40. The second-order valence-electron chi connectivity index (χ2n) is 15.1. The first-order valence-corrected chi connectivity index (χ1v) is 19.5. The number of aromatic nitrogens is 8. The summed E-state index contributed by atoms with van der Waals surface area (Å²) in [4.78, 5) is 26.7. The highest BCUT2D eigenvalue weighted by atomic mass is 19.4. The molecule has 0 fully saturated rings. The molecule has 0 spiro atoms. The molecule has 0 saturated carbocycles. The van der Waals surface area contributed by atoms with Crippen molar-refractivity contribution in [2.75, 3.05) is 0 Å². The molecule has 4 heterocycles. The summed E-state index contributed by atoms with van der Waals surface area (Å²) < 4.78 is 94.8. The highest BCUT2D eigenvalue weighted by Crippen LogP contribution is 2.47. The molecule has 6 aromatic carbocycles. The summed E-state index contributed by atoms with van der Waals surface area (Å²) in [6, 6.07) is 32.1. The van der Waals surface area contributed by atoms with Crippen molar-refractivity contribution >= 4 is 43.6 Å². The molecule has 10 rings (SSSR count). The van der Waals surface area contributed by atoms with Crippen molar-refractivity contribution in [3.05, 3.63) is 156 Å². The maximum absolute atomic E-state index is 16.3. The minimum atomic E-state index is -4.98. The molecule has 0 aliphatic carbocycles. The summed E-state index contributed by atoms with van der Waals surface area (Å²) in [6.07, 6.45) is -9.68. The Balaban J connectivity index is 1.33. The van der Waals surface area contributed by atoms with Crippen molar-refractivity contribution in [2.45, 2.75) is 40.0 Å². The molecular weight excluding hydrogens is 803 g/mol. The molecule has 0 bridgehead atoms. The predicted octanol–water partition coefficient (Wildman–Crippen LogP) is 12.5. The maximum atomic E-state index is 16.3. The van der Waals surface area contributed by atoms with Crippen LogP contribution in [0.4, 0.5) is 26.3 Å². The van der Waals surface area contributed by atoms with Gasteiger partial charge in [0.15, 0.2) is 11.6 Å². The van der Waals surface area contributed by atoms with Gasteiger partial charge in [-0.15, -0.1) is 0 Å². The number of nitrogens with zero attached hydrogens (tertiary/aromatic N) is 8. The van der Waals surface area contributed by atoms with Crippen LogP contribution in [0.1, 0.15) is 34.4 Å². The number of benzene rings is 6. The van der Waals surface area contributed by atoms with Gasteiger partial charge in [-0.1, -0.05) is 48.5 Å². The molecular formula is C48H32F6N8. The van der Waals surface area contributed by atoms with Crippen LogP contribution in [0.25, 0.3) is 88.9 Å². The lowest BCUT2D eigenvalue weighted by Crippen LogP contribution is -2.16. The quantitative estimate of drug-likeness (QED) is 0.161. The van der Waals surface area contributed by atoms with Crippen molar-refractivity contribution < 1.29 is 26.3 Å². The fourth-order valence-corrected chi connectivity index (χ4v) is 8.53. The topological polar surface area (TPSA) is 87.2 Å². The van der Waals surface area contributed by atoms with Gasteiger partial charge in [-0.25, -0.2) is 29.9 Å². The smallest absolute Gasteiger partial charge is 0.309 e. The van der Waals surface area contributed by atoms with Gasteiger partial charge in [0, 0.05) is 32.7 Å². The summed E-state index contributed by atoms with van der Waals surface area (Å²) in [5.74, 6) is 2.88. The Morgan fingerprint density at radius 2 is 0.806 bits per heavy atom. The van der Waals surface area contributed by atoms with Crippen molar-refractivity contribution in [3.63, 3.8) is 0 Å². The van der Waals surface area contributed by atoms with Gasteiger partial charge < -0.3 is 9.13 Å². The zero-order valence-electron chi connectivity index (χ0n) is 33.4. The number of para-hydroxylation sites is 2. The first kappa shape index (κ1) is 38.7. The molecule has 14 heteroatoms. The number of hydrogen-bond donors (Lipinski definition) is 0. The fourth-order valence-electron chi connectivity index (χ4n) is 8.53. The number of aryl methyl sites for hydroxylation is 4. The molecule has 8 nitrogen and oxygen atoms in total. The van der Waals surface area contributed by atoms with Crippen LogP contribution in [0.5, 0.6) is 0 Å². The van der Waals surface area contributed by atoms with E-state index >= 15 is 13.2 Å². The molecule has 0 unspecified atom stereocenters. The van der Waals surface area contributed by atoms with E-state index in [0.717, 1.165) is 12.1 Å². The lowest BCUT2D eigenvalue weighted by atomic mass is 9.97. The Hall–Kier alpha value is -7.48. The van der Waals surface area contributed by atoms with Gasteiger partial charge in [0.2, 0.25) is 0 Å². The third kappa shape index (κ3) is 6.49. The molecule has 0 atom stereocenters. The molecule has 62 heavy (non-hydrogen) atoms. The van der Waals surface area contributed by atoms with Crippen LogP contribution >= 0.6 is 0 Å². The van der Waals surface area contributed by atoms with Gasteiger partial charge >= 0.3 is 12.4 Å².